The van der Waals surface area contributed by atoms with Crippen LogP contribution in [0, 0.1) is 79.8 Å². The van der Waals surface area contributed by atoms with Gasteiger partial charge in [-0.25, -0.2) is 53.9 Å². The minimum absolute atomic E-state index is 0.0251. The molecule has 0 amide bonds. The molecule has 0 saturated carbocycles. The van der Waals surface area contributed by atoms with Crippen LogP contribution in [0.4, 0.5) is 43.9 Å². The van der Waals surface area contributed by atoms with Crippen LogP contribution in [0.25, 0.3) is 79.8 Å². The Morgan fingerprint density at radius 3 is 0.829 bits per heavy atom. The maximum Gasteiger partial charge on any atom is 0.200 e. The van der Waals surface area contributed by atoms with Gasteiger partial charge >= 0.3 is 0 Å². The van der Waals surface area contributed by atoms with Crippen molar-refractivity contribution in [1.29, 1.82) is 0 Å². The van der Waals surface area contributed by atoms with Crippen LogP contribution < -0.4 is 10.4 Å². The Labute approximate surface area is 430 Å². The van der Waals surface area contributed by atoms with E-state index < -0.39 is 102 Å². The van der Waals surface area contributed by atoms with Gasteiger partial charge in [-0.2, -0.15) is 0 Å². The third kappa shape index (κ3) is 8.72. The summed E-state index contributed by atoms with van der Waals surface area (Å²) < 4.78 is 157. The summed E-state index contributed by atoms with van der Waals surface area (Å²) >= 11 is 0. The lowest BCUT2D eigenvalue weighted by Crippen LogP contribution is -2.29. The van der Waals surface area contributed by atoms with Gasteiger partial charge < -0.3 is 9.97 Å². The van der Waals surface area contributed by atoms with Crippen molar-refractivity contribution in [2.45, 2.75) is 83.1 Å². The zero-order valence-electron chi connectivity index (χ0n) is 43.4. The van der Waals surface area contributed by atoms with Gasteiger partial charge in [-0.15, -0.1) is 0 Å². The second-order valence-electron chi connectivity index (χ2n) is 23.2. The van der Waals surface area contributed by atoms with Crippen molar-refractivity contribution in [3.63, 3.8) is 0 Å². The topological polar surface area (TPSA) is 91.5 Å². The number of ketones is 2. The van der Waals surface area contributed by atoms with E-state index in [4.69, 9.17) is 9.97 Å². The van der Waals surface area contributed by atoms with E-state index in [2.05, 4.69) is 9.97 Å². The molecule has 0 fully saturated rings. The molecule has 2 aliphatic heterocycles. The molecule has 16 heteroatoms. The predicted molar refractivity (Wildman–Crippen MR) is 276 cm³/mol. The van der Waals surface area contributed by atoms with Crippen molar-refractivity contribution in [2.75, 3.05) is 0 Å². The van der Waals surface area contributed by atoms with E-state index in [1.54, 1.807) is 24.3 Å². The summed E-state index contributed by atoms with van der Waals surface area (Å²) in [5, 5.41) is 0.249. The smallest absolute Gasteiger partial charge is 0.200 e. The number of H-pyrrole nitrogens is 2. The molecule has 0 atom stereocenters. The Kier molecular flexibility index (Phi) is 12.6. The first kappa shape index (κ1) is 53.2. The van der Waals surface area contributed by atoms with Gasteiger partial charge in [-0.05, 0) is 106 Å². The Morgan fingerprint density at radius 2 is 0.566 bits per heavy atom. The van der Waals surface area contributed by atoms with Crippen LogP contribution in [0.1, 0.15) is 106 Å². The minimum Gasteiger partial charge on any atom is -0.354 e. The van der Waals surface area contributed by atoms with E-state index in [0.717, 1.165) is 0 Å². The number of aromatic amines is 2. The van der Waals surface area contributed by atoms with Crippen molar-refractivity contribution in [3.05, 3.63) is 162 Å². The van der Waals surface area contributed by atoms with Crippen LogP contribution in [-0.4, -0.2) is 31.5 Å². The third-order valence-corrected chi connectivity index (χ3v) is 13.7. The summed E-state index contributed by atoms with van der Waals surface area (Å²) in [7, 11) is 0. The van der Waals surface area contributed by atoms with Crippen LogP contribution in [0.3, 0.4) is 0 Å². The number of allylic oxidation sites excluding steroid dienone is 8. The first-order chi connectivity index (χ1) is 35.2. The molecule has 0 spiro atoms. The third-order valence-electron chi connectivity index (χ3n) is 13.7. The number of rotatable bonds is 2. The number of hydrogen-bond donors (Lipinski definition) is 2. The summed E-state index contributed by atoms with van der Waals surface area (Å²) in [4.78, 5) is 44.3. The van der Waals surface area contributed by atoms with Gasteiger partial charge in [0.1, 0.15) is 0 Å². The molecule has 76 heavy (non-hydrogen) atoms. The monoisotopic (exact) mass is 1050 g/mol. The fourth-order valence-electron chi connectivity index (χ4n) is 9.76. The number of Topliss-reactive ketones (excluding diaryl/α,β-unsaturated/α-hetero) is 2. The first-order valence-electron chi connectivity index (χ1n) is 24.1. The van der Waals surface area contributed by atoms with Crippen LogP contribution >= 0.6 is 0 Å². The van der Waals surface area contributed by atoms with E-state index >= 15 is 35.1 Å². The minimum atomic E-state index is -2.40. The number of nitrogens with one attached hydrogen (secondary N) is 2. The van der Waals surface area contributed by atoms with Crippen LogP contribution in [-0.2, 0) is 9.59 Å². The maximum atomic E-state index is 16.4. The molecule has 4 aliphatic rings. The van der Waals surface area contributed by atoms with E-state index in [9.17, 15) is 18.4 Å². The van der Waals surface area contributed by atoms with Gasteiger partial charge in [0.2, 0.25) is 11.6 Å². The van der Waals surface area contributed by atoms with Crippen molar-refractivity contribution < 1.29 is 53.5 Å². The maximum absolute atomic E-state index is 16.4. The molecule has 0 radical (unpaired) electrons. The molecule has 5 aromatic rings. The summed E-state index contributed by atoms with van der Waals surface area (Å²) in [6.07, 6.45) is 11.7. The number of carbonyl (C=O) groups is 2. The molecule has 9 rings (SSSR count). The lowest BCUT2D eigenvalue weighted by molar-refractivity contribution is -0.114. The SMILES string of the molecule is CC(C)(C)C1=CC(=c2c3nc(c(-c4c(F)c(F)c(F)c(F)c4F)c4ccc([nH]4)c(=C4C=C(C(C)(C)C)C(=O)C(C(C)(C)C)=C4)c4nc(c(-c5c(F)c(F)c(F)c(F)c5F)c5ccc2[nH]5)C=C4)C=C3)C=C(C(C)(C)C)C1=O. The summed E-state index contributed by atoms with van der Waals surface area (Å²) in [6, 6.07) is 5.45. The van der Waals surface area contributed by atoms with Crippen LogP contribution in [0.5, 0.6) is 0 Å². The fraction of sp³-hybridized carbons (Fsp3) is 0.267. The molecule has 2 aromatic carbocycles. The quantitative estimate of drug-likeness (QED) is 0.103. The Bertz CT molecular complexity index is 3610. The van der Waals surface area contributed by atoms with Gasteiger partial charge in [0, 0.05) is 65.9 Å². The summed E-state index contributed by atoms with van der Waals surface area (Å²) in [6.45, 7) is 21.7. The van der Waals surface area contributed by atoms with Gasteiger partial charge in [-0.1, -0.05) is 83.1 Å². The number of aromatic nitrogens is 4. The number of hydrogen-bond acceptors (Lipinski definition) is 4. The molecule has 392 valence electrons. The highest BCUT2D eigenvalue weighted by atomic mass is 19.2. The molecule has 5 heterocycles. The molecule has 6 nitrogen and oxygen atoms in total. The molecule has 3 aromatic heterocycles. The largest absolute Gasteiger partial charge is 0.354 e. The lowest BCUT2D eigenvalue weighted by Gasteiger charge is -2.31. The number of benzene rings is 2. The predicted octanol–water partition coefficient (Wildman–Crippen LogP) is 14.7. The average Bonchev–Trinajstić information content (AvgIpc) is 4.18. The second-order valence-corrected chi connectivity index (χ2v) is 23.2. The van der Waals surface area contributed by atoms with Gasteiger partial charge in [0.05, 0.1) is 33.9 Å². The van der Waals surface area contributed by atoms with Gasteiger partial charge in [-0.3, -0.25) is 9.59 Å². The zero-order chi connectivity index (χ0) is 55.8. The zero-order valence-corrected chi connectivity index (χ0v) is 43.4. The van der Waals surface area contributed by atoms with Crippen molar-refractivity contribution >= 4 is 69.1 Å². The van der Waals surface area contributed by atoms with E-state index in [1.165, 1.54) is 48.6 Å². The molecular weight excluding hydrogens is 999 g/mol. The van der Waals surface area contributed by atoms with E-state index in [0.29, 0.717) is 33.4 Å². The summed E-state index contributed by atoms with van der Waals surface area (Å²) in [5.41, 5.74) is -6.08. The highest BCUT2D eigenvalue weighted by Gasteiger charge is 2.37. The van der Waals surface area contributed by atoms with Gasteiger partial charge in [0.15, 0.2) is 58.1 Å². The Balaban J connectivity index is 1.63. The number of nitrogens with zero attached hydrogens (tertiary/aromatic N) is 2. The number of carbonyl (C=O) groups excluding carboxylic acids is 2. The van der Waals surface area contributed by atoms with E-state index in [1.807, 2.05) is 83.1 Å². The normalized spacial score (nSPS) is 15.4. The second kappa shape index (κ2) is 18.0. The van der Waals surface area contributed by atoms with Crippen molar-refractivity contribution in [3.8, 4) is 22.3 Å². The molecule has 2 aliphatic carbocycles. The highest BCUT2D eigenvalue weighted by molar-refractivity contribution is 6.15. The lowest BCUT2D eigenvalue weighted by atomic mass is 9.71. The Hall–Kier alpha value is -7.62. The molecule has 8 bridgehead atoms. The number of fused-ring (bicyclic) bond motifs is 8. The van der Waals surface area contributed by atoms with Crippen molar-refractivity contribution in [2.24, 2.45) is 21.7 Å². The number of halogens is 10. The Morgan fingerprint density at radius 1 is 0.329 bits per heavy atom. The molecule has 2 N–H and O–H groups in total. The molecular formula is C60H50F10N4O2. The standard InChI is InChI=1S/C60H50F10N4O2/c1-57(2,3)27-21-25(22-28(55(27)75)58(4,5)6)39-31-13-17-35(71-31)41(43-45(61)49(65)53(69)50(66)46(43)62)37-19-15-33(73-37)40(26-23-29(59(7,8)9)56(76)30(24-26)60(10,11)12)34-16-20-38(74-34)42(36-18-14-32(39)72-36)44-47(63)51(67)54(70)52(68)48(44)64/h13-24,71,74H,1-12H3. The van der Waals surface area contributed by atoms with Crippen LogP contribution in [0.2, 0.25) is 0 Å². The summed E-state index contributed by atoms with van der Waals surface area (Å²) in [5.74, 6) is -23.0. The van der Waals surface area contributed by atoms with E-state index in [-0.39, 0.29) is 66.8 Å². The molecule has 0 saturated heterocycles. The van der Waals surface area contributed by atoms with Gasteiger partial charge in [0.25, 0.3) is 0 Å². The molecule has 0 unspecified atom stereocenters. The highest BCUT2D eigenvalue weighted by Crippen LogP contribution is 2.43. The average molecular weight is 1050 g/mol. The van der Waals surface area contributed by atoms with Crippen LogP contribution in [0.15, 0.2) is 70.9 Å². The van der Waals surface area contributed by atoms with Crippen molar-refractivity contribution in [1.82, 2.24) is 19.9 Å². The fourth-order valence-corrected chi connectivity index (χ4v) is 9.76. The first-order valence-corrected chi connectivity index (χ1v) is 24.1.